The Balaban J connectivity index is 1.81. The van der Waals surface area contributed by atoms with Gasteiger partial charge in [0.2, 0.25) is 11.6 Å². The van der Waals surface area contributed by atoms with E-state index in [0.717, 1.165) is 23.3 Å². The summed E-state index contributed by atoms with van der Waals surface area (Å²) in [4.78, 5) is 4.36. The summed E-state index contributed by atoms with van der Waals surface area (Å²) in [5, 5.41) is 0. The number of hydrogen-bond donors (Lipinski definition) is 0. The lowest BCUT2D eigenvalue weighted by atomic mass is 10.0. The van der Waals surface area contributed by atoms with Gasteiger partial charge in [0.25, 0.3) is 0 Å². The average Bonchev–Trinajstić information content (AvgIpc) is 3.17. The van der Waals surface area contributed by atoms with Gasteiger partial charge in [-0.2, -0.15) is 0 Å². The molecule has 0 radical (unpaired) electrons. The fourth-order valence-electron chi connectivity index (χ4n) is 3.17. The van der Waals surface area contributed by atoms with Gasteiger partial charge in [0.1, 0.15) is 5.52 Å². The van der Waals surface area contributed by atoms with E-state index in [1.807, 2.05) is 12.1 Å². The highest BCUT2D eigenvalue weighted by Crippen LogP contribution is 2.44. The Morgan fingerprint density at radius 3 is 2.21 bits per heavy atom. The molecule has 0 bridgehead atoms. The third-order valence-electron chi connectivity index (χ3n) is 4.57. The van der Waals surface area contributed by atoms with E-state index in [1.165, 1.54) is 13.2 Å². The van der Waals surface area contributed by atoms with Crippen LogP contribution in [0.2, 0.25) is 0 Å². The van der Waals surface area contributed by atoms with Crippen molar-refractivity contribution in [3.63, 3.8) is 0 Å². The molecule has 0 amide bonds. The second-order valence-corrected chi connectivity index (χ2v) is 6.21. The van der Waals surface area contributed by atoms with Crippen LogP contribution in [0.3, 0.4) is 0 Å². The van der Waals surface area contributed by atoms with Gasteiger partial charge in [0, 0.05) is 11.1 Å². The fourth-order valence-corrected chi connectivity index (χ4v) is 3.17. The third-order valence-corrected chi connectivity index (χ3v) is 4.57. The van der Waals surface area contributed by atoms with E-state index in [1.54, 1.807) is 32.4 Å². The van der Waals surface area contributed by atoms with Gasteiger partial charge < -0.3 is 18.6 Å². The van der Waals surface area contributed by atoms with Crippen molar-refractivity contribution >= 4 is 11.1 Å². The highest BCUT2D eigenvalue weighted by Gasteiger charge is 2.18. The van der Waals surface area contributed by atoms with Crippen LogP contribution >= 0.6 is 0 Å². The zero-order valence-corrected chi connectivity index (χ0v) is 16.0. The van der Waals surface area contributed by atoms with Gasteiger partial charge in [-0.1, -0.05) is 6.07 Å². The molecule has 148 valence electrons. The molecule has 3 aromatic carbocycles. The maximum atomic E-state index is 13.5. The van der Waals surface area contributed by atoms with E-state index >= 15 is 0 Å². The summed E-state index contributed by atoms with van der Waals surface area (Å²) >= 11 is 0. The molecule has 0 aliphatic heterocycles. The number of fused-ring (bicyclic) bond motifs is 1. The number of rotatable bonds is 5. The molecule has 4 aromatic rings. The second-order valence-electron chi connectivity index (χ2n) is 6.21. The number of benzene rings is 3. The van der Waals surface area contributed by atoms with Gasteiger partial charge in [0.05, 0.1) is 21.3 Å². The van der Waals surface area contributed by atoms with Crippen molar-refractivity contribution in [2.75, 3.05) is 21.3 Å². The van der Waals surface area contributed by atoms with E-state index in [0.29, 0.717) is 33.9 Å². The van der Waals surface area contributed by atoms with Gasteiger partial charge in [-0.3, -0.25) is 0 Å². The molecule has 0 saturated carbocycles. The minimum Gasteiger partial charge on any atom is -0.493 e. The van der Waals surface area contributed by atoms with Crippen molar-refractivity contribution in [2.24, 2.45) is 0 Å². The molecule has 5 nitrogen and oxygen atoms in total. The molecule has 0 saturated heterocycles. The van der Waals surface area contributed by atoms with E-state index < -0.39 is 11.6 Å². The Labute approximate surface area is 165 Å². The largest absolute Gasteiger partial charge is 0.493 e. The summed E-state index contributed by atoms with van der Waals surface area (Å²) in [5.41, 5.74) is 3.03. The van der Waals surface area contributed by atoms with Crippen LogP contribution in [0.5, 0.6) is 17.2 Å². The van der Waals surface area contributed by atoms with Gasteiger partial charge in [-0.15, -0.1) is 0 Å². The molecule has 1 aromatic heterocycles. The van der Waals surface area contributed by atoms with Crippen molar-refractivity contribution in [2.45, 2.75) is 0 Å². The number of nitrogens with zero attached hydrogens (tertiary/aromatic N) is 1. The molecule has 0 aliphatic rings. The molecule has 0 atom stereocenters. The minimum atomic E-state index is -0.958. The van der Waals surface area contributed by atoms with Gasteiger partial charge >= 0.3 is 0 Å². The lowest BCUT2D eigenvalue weighted by molar-refractivity contribution is 0.325. The summed E-state index contributed by atoms with van der Waals surface area (Å²) in [5.74, 6) is -0.128. The van der Waals surface area contributed by atoms with E-state index in [-0.39, 0.29) is 5.89 Å². The first-order valence-corrected chi connectivity index (χ1v) is 8.71. The first kappa shape index (κ1) is 18.7. The number of methoxy groups -OCH3 is 3. The quantitative estimate of drug-likeness (QED) is 0.447. The maximum Gasteiger partial charge on any atom is 0.227 e. The molecule has 29 heavy (non-hydrogen) atoms. The number of hydrogen-bond acceptors (Lipinski definition) is 5. The Hall–Kier alpha value is -3.61. The lowest BCUT2D eigenvalue weighted by Gasteiger charge is -2.15. The first-order valence-electron chi connectivity index (χ1n) is 8.71. The van der Waals surface area contributed by atoms with Crippen molar-refractivity contribution in [1.82, 2.24) is 4.98 Å². The van der Waals surface area contributed by atoms with Crippen LogP contribution in [0.25, 0.3) is 33.7 Å². The molecule has 0 aliphatic carbocycles. The van der Waals surface area contributed by atoms with Crippen LogP contribution in [0.1, 0.15) is 0 Å². The topological polar surface area (TPSA) is 53.7 Å². The second kappa shape index (κ2) is 7.43. The number of oxazole rings is 1. The summed E-state index contributed by atoms with van der Waals surface area (Å²) < 4.78 is 48.8. The first-order chi connectivity index (χ1) is 14.0. The van der Waals surface area contributed by atoms with Crippen LogP contribution in [0.4, 0.5) is 8.78 Å². The number of halogens is 2. The van der Waals surface area contributed by atoms with Crippen molar-refractivity contribution in [3.8, 4) is 39.8 Å². The van der Waals surface area contributed by atoms with Crippen LogP contribution in [0, 0.1) is 11.6 Å². The minimum absolute atomic E-state index is 0.204. The molecular formula is C22H17F2NO4. The Morgan fingerprint density at radius 1 is 0.759 bits per heavy atom. The third kappa shape index (κ3) is 3.24. The highest BCUT2D eigenvalue weighted by molar-refractivity contribution is 5.85. The Bertz CT molecular complexity index is 1200. The molecule has 0 fully saturated rings. The monoisotopic (exact) mass is 397 g/mol. The fraction of sp³-hybridized carbons (Fsp3) is 0.136. The van der Waals surface area contributed by atoms with Crippen molar-refractivity contribution in [1.29, 1.82) is 0 Å². The molecule has 7 heteroatoms. The van der Waals surface area contributed by atoms with Gasteiger partial charge in [0.15, 0.2) is 28.7 Å². The van der Waals surface area contributed by atoms with Crippen LogP contribution < -0.4 is 14.2 Å². The zero-order valence-electron chi connectivity index (χ0n) is 16.0. The zero-order chi connectivity index (χ0) is 20.5. The number of aromatic nitrogens is 1. The van der Waals surface area contributed by atoms with E-state index in [9.17, 15) is 8.78 Å². The molecule has 0 unspecified atom stereocenters. The molecule has 1 heterocycles. The predicted molar refractivity (Wildman–Crippen MR) is 104 cm³/mol. The Morgan fingerprint density at radius 2 is 1.52 bits per heavy atom. The van der Waals surface area contributed by atoms with Crippen molar-refractivity contribution in [3.05, 3.63) is 60.2 Å². The SMILES string of the molecule is COc1ccc(-c2ccc3nc(-c4ccc(F)c(F)c4)oc3c2)c(OC)c1OC. The molecule has 4 rings (SSSR count). The standard InChI is InChI=1S/C22H17F2NO4/c1-26-18-9-6-14(20(27-2)21(18)28-3)12-5-8-17-19(11-12)29-22(25-17)13-4-7-15(23)16(24)10-13/h4-11H,1-3H3. The predicted octanol–water partition coefficient (Wildman–Crippen LogP) is 5.47. The van der Waals surface area contributed by atoms with Gasteiger partial charge in [-0.25, -0.2) is 13.8 Å². The van der Waals surface area contributed by atoms with E-state index in [2.05, 4.69) is 4.98 Å². The summed E-state index contributed by atoms with van der Waals surface area (Å²) in [6, 6.07) is 12.6. The average molecular weight is 397 g/mol. The molecular weight excluding hydrogens is 380 g/mol. The van der Waals surface area contributed by atoms with Crippen LogP contribution in [-0.2, 0) is 0 Å². The summed E-state index contributed by atoms with van der Waals surface area (Å²) in [6.07, 6.45) is 0. The highest BCUT2D eigenvalue weighted by atomic mass is 19.2. The normalized spacial score (nSPS) is 10.9. The van der Waals surface area contributed by atoms with E-state index in [4.69, 9.17) is 18.6 Å². The Kier molecular flexibility index (Phi) is 4.80. The smallest absolute Gasteiger partial charge is 0.227 e. The van der Waals surface area contributed by atoms with Crippen LogP contribution in [-0.4, -0.2) is 26.3 Å². The summed E-state index contributed by atoms with van der Waals surface area (Å²) in [7, 11) is 4.64. The lowest BCUT2D eigenvalue weighted by Crippen LogP contribution is -1.96. The number of ether oxygens (including phenoxy) is 3. The molecule has 0 spiro atoms. The molecule has 0 N–H and O–H groups in total. The maximum absolute atomic E-state index is 13.5. The van der Waals surface area contributed by atoms with Crippen LogP contribution in [0.15, 0.2) is 52.9 Å². The summed E-state index contributed by atoms with van der Waals surface area (Å²) in [6.45, 7) is 0. The van der Waals surface area contributed by atoms with Gasteiger partial charge in [-0.05, 0) is 48.0 Å². The van der Waals surface area contributed by atoms with Crippen molar-refractivity contribution < 1.29 is 27.4 Å².